The van der Waals surface area contributed by atoms with Crippen LogP contribution in [0.2, 0.25) is 0 Å². The van der Waals surface area contributed by atoms with E-state index in [9.17, 15) is 4.79 Å². The molecule has 1 saturated heterocycles. The zero-order valence-corrected chi connectivity index (χ0v) is 12.0. The van der Waals surface area contributed by atoms with Crippen LogP contribution in [-0.2, 0) is 9.53 Å². The highest BCUT2D eigenvalue weighted by atomic mass is 16.6. The largest absolute Gasteiger partial charge is 0.497 e. The van der Waals surface area contributed by atoms with Crippen LogP contribution in [0.1, 0.15) is 12.8 Å². The molecular formula is C15H21NO4. The highest BCUT2D eigenvalue weighted by Crippen LogP contribution is 2.17. The van der Waals surface area contributed by atoms with Crippen LogP contribution in [-0.4, -0.2) is 50.8 Å². The molecule has 0 aromatic heterocycles. The third-order valence-corrected chi connectivity index (χ3v) is 3.30. The fraction of sp³-hybridized carbons (Fsp3) is 0.533. The van der Waals surface area contributed by atoms with E-state index < -0.39 is 0 Å². The molecule has 0 N–H and O–H groups in total. The number of benzene rings is 1. The van der Waals surface area contributed by atoms with Crippen molar-refractivity contribution < 1.29 is 19.0 Å². The Hall–Kier alpha value is -1.75. The Bertz CT molecular complexity index is 432. The van der Waals surface area contributed by atoms with Gasteiger partial charge in [0.2, 0.25) is 0 Å². The molecule has 1 aromatic rings. The van der Waals surface area contributed by atoms with E-state index in [4.69, 9.17) is 14.2 Å². The van der Waals surface area contributed by atoms with Gasteiger partial charge in [0.1, 0.15) is 17.6 Å². The predicted molar refractivity (Wildman–Crippen MR) is 75.1 cm³/mol. The molecule has 20 heavy (non-hydrogen) atoms. The minimum Gasteiger partial charge on any atom is -0.497 e. The third kappa shape index (κ3) is 4.42. The number of hydrogen-bond donors (Lipinski definition) is 0. The first-order valence-electron chi connectivity index (χ1n) is 6.82. The van der Waals surface area contributed by atoms with E-state index in [0.717, 1.165) is 31.7 Å². The molecule has 110 valence electrons. The van der Waals surface area contributed by atoms with Crippen molar-refractivity contribution in [3.63, 3.8) is 0 Å². The summed E-state index contributed by atoms with van der Waals surface area (Å²) in [5.41, 5.74) is 0. The number of likely N-dealkylation sites (tertiary alicyclic amines) is 1. The van der Waals surface area contributed by atoms with Crippen molar-refractivity contribution in [3.8, 4) is 11.5 Å². The molecule has 0 radical (unpaired) electrons. The lowest BCUT2D eigenvalue weighted by atomic mass is 10.1. The van der Waals surface area contributed by atoms with E-state index in [1.165, 1.54) is 0 Å². The van der Waals surface area contributed by atoms with Gasteiger partial charge in [-0.2, -0.15) is 0 Å². The molecule has 1 heterocycles. The smallest absolute Gasteiger partial charge is 0.344 e. The lowest BCUT2D eigenvalue weighted by molar-refractivity contribution is -0.153. The average molecular weight is 279 g/mol. The first kappa shape index (κ1) is 14.7. The van der Waals surface area contributed by atoms with Gasteiger partial charge in [-0.1, -0.05) is 0 Å². The second kappa shape index (κ2) is 7.14. The monoisotopic (exact) mass is 279 g/mol. The van der Waals surface area contributed by atoms with Crippen molar-refractivity contribution in [1.82, 2.24) is 4.90 Å². The molecule has 2 rings (SSSR count). The van der Waals surface area contributed by atoms with Crippen molar-refractivity contribution in [2.75, 3.05) is 33.9 Å². The van der Waals surface area contributed by atoms with Gasteiger partial charge in [-0.05, 0) is 50.7 Å². The Kier molecular flexibility index (Phi) is 5.24. The van der Waals surface area contributed by atoms with Crippen molar-refractivity contribution in [3.05, 3.63) is 24.3 Å². The molecule has 1 aromatic carbocycles. The zero-order chi connectivity index (χ0) is 14.4. The SMILES string of the molecule is COc1ccc(OCC(=O)O[C@@H]2CCCN(C)C2)cc1. The van der Waals surface area contributed by atoms with E-state index in [2.05, 4.69) is 4.90 Å². The maximum absolute atomic E-state index is 11.7. The maximum atomic E-state index is 11.7. The van der Waals surface area contributed by atoms with E-state index in [1.807, 2.05) is 7.05 Å². The highest BCUT2D eigenvalue weighted by molar-refractivity contribution is 5.71. The van der Waals surface area contributed by atoms with E-state index in [0.29, 0.717) is 5.75 Å². The van der Waals surface area contributed by atoms with Crippen LogP contribution in [0.4, 0.5) is 0 Å². The lowest BCUT2D eigenvalue weighted by Gasteiger charge is -2.29. The number of ether oxygens (including phenoxy) is 3. The fourth-order valence-corrected chi connectivity index (χ4v) is 2.25. The summed E-state index contributed by atoms with van der Waals surface area (Å²) in [5.74, 6) is 1.06. The summed E-state index contributed by atoms with van der Waals surface area (Å²) in [6.07, 6.45) is 1.98. The minimum absolute atomic E-state index is 0.0132. The van der Waals surface area contributed by atoms with Gasteiger partial charge in [0.15, 0.2) is 6.61 Å². The molecule has 1 atom stereocenters. The number of likely N-dealkylation sites (N-methyl/N-ethyl adjacent to an activating group) is 1. The first-order valence-corrected chi connectivity index (χ1v) is 6.82. The number of rotatable bonds is 5. The van der Waals surface area contributed by atoms with Crippen LogP contribution >= 0.6 is 0 Å². The van der Waals surface area contributed by atoms with Crippen LogP contribution in [0.25, 0.3) is 0 Å². The molecule has 5 heteroatoms. The second-order valence-corrected chi connectivity index (χ2v) is 4.98. The topological polar surface area (TPSA) is 48.0 Å². The Balaban J connectivity index is 1.73. The summed E-state index contributed by atoms with van der Waals surface area (Å²) in [5, 5.41) is 0. The molecule has 0 unspecified atom stereocenters. The molecule has 0 saturated carbocycles. The van der Waals surface area contributed by atoms with Crippen molar-refractivity contribution in [1.29, 1.82) is 0 Å². The maximum Gasteiger partial charge on any atom is 0.344 e. The minimum atomic E-state index is -0.318. The lowest BCUT2D eigenvalue weighted by Crippen LogP contribution is -2.38. The molecular weight excluding hydrogens is 258 g/mol. The molecule has 1 aliphatic rings. The Morgan fingerprint density at radius 3 is 2.65 bits per heavy atom. The first-order chi connectivity index (χ1) is 9.67. The molecule has 1 aliphatic heterocycles. The van der Waals surface area contributed by atoms with Crippen molar-refractivity contribution in [2.24, 2.45) is 0 Å². The number of carbonyl (C=O) groups is 1. The number of piperidine rings is 1. The van der Waals surface area contributed by atoms with Gasteiger partial charge in [-0.3, -0.25) is 0 Å². The number of hydrogen-bond acceptors (Lipinski definition) is 5. The average Bonchev–Trinajstić information content (AvgIpc) is 2.46. The molecule has 0 amide bonds. The van der Waals surface area contributed by atoms with Crippen LogP contribution in [0.15, 0.2) is 24.3 Å². The summed E-state index contributed by atoms with van der Waals surface area (Å²) in [7, 11) is 3.64. The molecule has 0 bridgehead atoms. The Labute approximate surface area is 119 Å². The van der Waals surface area contributed by atoms with Gasteiger partial charge >= 0.3 is 5.97 Å². The van der Waals surface area contributed by atoms with Gasteiger partial charge in [-0.25, -0.2) is 4.79 Å². The summed E-state index contributed by atoms with van der Waals surface area (Å²) in [6.45, 7) is 1.80. The molecule has 0 aliphatic carbocycles. The zero-order valence-electron chi connectivity index (χ0n) is 12.0. The van der Waals surface area contributed by atoms with Crippen LogP contribution < -0.4 is 9.47 Å². The van der Waals surface area contributed by atoms with Crippen LogP contribution in [0.5, 0.6) is 11.5 Å². The van der Waals surface area contributed by atoms with Gasteiger partial charge in [0.05, 0.1) is 7.11 Å². The Morgan fingerprint density at radius 2 is 2.00 bits per heavy atom. The molecule has 5 nitrogen and oxygen atoms in total. The number of esters is 1. The summed E-state index contributed by atoms with van der Waals surface area (Å²) in [6, 6.07) is 7.11. The van der Waals surface area contributed by atoms with Crippen LogP contribution in [0, 0.1) is 0 Å². The third-order valence-electron chi connectivity index (χ3n) is 3.30. The van der Waals surface area contributed by atoms with Crippen molar-refractivity contribution in [2.45, 2.75) is 18.9 Å². The number of carbonyl (C=O) groups excluding carboxylic acids is 1. The summed E-state index contributed by atoms with van der Waals surface area (Å²) >= 11 is 0. The van der Waals surface area contributed by atoms with Gasteiger partial charge < -0.3 is 19.1 Å². The van der Waals surface area contributed by atoms with Gasteiger partial charge in [-0.15, -0.1) is 0 Å². The second-order valence-electron chi connectivity index (χ2n) is 4.98. The van der Waals surface area contributed by atoms with Gasteiger partial charge in [0.25, 0.3) is 0 Å². The predicted octanol–water partition coefficient (Wildman–Crippen LogP) is 1.71. The summed E-state index contributed by atoms with van der Waals surface area (Å²) in [4.78, 5) is 13.9. The van der Waals surface area contributed by atoms with Crippen molar-refractivity contribution >= 4 is 5.97 Å². The Morgan fingerprint density at radius 1 is 1.30 bits per heavy atom. The molecule has 1 fully saturated rings. The fourth-order valence-electron chi connectivity index (χ4n) is 2.25. The van der Waals surface area contributed by atoms with Crippen LogP contribution in [0.3, 0.4) is 0 Å². The standard InChI is InChI=1S/C15H21NO4/c1-16-9-3-4-14(10-16)20-15(17)11-19-13-7-5-12(18-2)6-8-13/h5-8,14H,3-4,9-11H2,1-2H3/t14-/m1/s1. The summed E-state index contributed by atoms with van der Waals surface area (Å²) < 4.78 is 15.8. The van der Waals surface area contributed by atoms with E-state index >= 15 is 0 Å². The normalized spacial score (nSPS) is 19.4. The van der Waals surface area contributed by atoms with E-state index in [-0.39, 0.29) is 18.7 Å². The van der Waals surface area contributed by atoms with E-state index in [1.54, 1.807) is 31.4 Å². The number of methoxy groups -OCH3 is 1. The number of nitrogens with zero attached hydrogens (tertiary/aromatic N) is 1. The van der Waals surface area contributed by atoms with Gasteiger partial charge in [0, 0.05) is 6.54 Å². The highest BCUT2D eigenvalue weighted by Gasteiger charge is 2.20. The quantitative estimate of drug-likeness (QED) is 0.768. The molecule has 0 spiro atoms.